The predicted octanol–water partition coefficient (Wildman–Crippen LogP) is -0.113. The van der Waals surface area contributed by atoms with E-state index in [1.54, 1.807) is 23.1 Å². The Morgan fingerprint density at radius 2 is 2.42 bits per heavy atom. The van der Waals surface area contributed by atoms with Gasteiger partial charge in [-0.2, -0.15) is 0 Å². The number of aliphatic hydroxyl groups excluding tert-OH is 1. The second-order valence-electron chi connectivity index (χ2n) is 4.94. The van der Waals surface area contributed by atoms with Crippen molar-refractivity contribution >= 4 is 5.91 Å². The average Bonchev–Trinajstić information content (AvgIpc) is 2.46. The van der Waals surface area contributed by atoms with Gasteiger partial charge in [-0.05, 0) is 13.0 Å². The first-order valence-electron chi connectivity index (χ1n) is 6.24. The number of carbonyl (C=O) groups is 1. The molecule has 1 aliphatic heterocycles. The van der Waals surface area contributed by atoms with Gasteiger partial charge in [-0.25, -0.2) is 4.98 Å². The molecule has 1 saturated heterocycles. The van der Waals surface area contributed by atoms with Crippen molar-refractivity contribution in [3.05, 3.63) is 23.9 Å². The maximum Gasteiger partial charge on any atom is 0.272 e. The van der Waals surface area contributed by atoms with Gasteiger partial charge in [0.15, 0.2) is 0 Å². The lowest BCUT2D eigenvalue weighted by atomic mass is 10.0. The van der Waals surface area contributed by atoms with Gasteiger partial charge >= 0.3 is 0 Å². The molecule has 2 rings (SSSR count). The number of carbonyl (C=O) groups excluding carboxylic acids is 1. The molecule has 0 bridgehead atoms. The van der Waals surface area contributed by atoms with Gasteiger partial charge in [0.2, 0.25) is 5.88 Å². The maximum atomic E-state index is 12.4. The third-order valence-electron chi connectivity index (χ3n) is 3.26. The first-order chi connectivity index (χ1) is 9.08. The molecule has 6 heteroatoms. The van der Waals surface area contributed by atoms with E-state index in [1.165, 1.54) is 7.11 Å². The van der Waals surface area contributed by atoms with Crippen LogP contribution >= 0.6 is 0 Å². The first-order valence-corrected chi connectivity index (χ1v) is 6.24. The normalized spacial score (nSPS) is 23.2. The molecule has 0 radical (unpaired) electrons. The zero-order valence-corrected chi connectivity index (χ0v) is 11.2. The average molecular weight is 265 g/mol. The Labute approximate surface area is 112 Å². The molecule has 2 heterocycles. The quantitative estimate of drug-likeness (QED) is 0.797. The van der Waals surface area contributed by atoms with Gasteiger partial charge in [-0.3, -0.25) is 4.79 Å². The number of amides is 1. The Hall–Kier alpha value is -1.66. The van der Waals surface area contributed by atoms with Crippen molar-refractivity contribution in [2.75, 3.05) is 33.4 Å². The monoisotopic (exact) mass is 265 g/mol. The van der Waals surface area contributed by atoms with E-state index < -0.39 is 5.54 Å². The Balaban J connectivity index is 2.14. The number of nitrogens with zero attached hydrogens (tertiary/aromatic N) is 2. The van der Waals surface area contributed by atoms with E-state index in [2.05, 4.69) is 10.3 Å². The van der Waals surface area contributed by atoms with Crippen LogP contribution in [-0.4, -0.2) is 59.8 Å². The van der Waals surface area contributed by atoms with Crippen LogP contribution in [0.2, 0.25) is 0 Å². The Morgan fingerprint density at radius 1 is 1.63 bits per heavy atom. The standard InChI is InChI=1S/C13H19N3O3/c1-13(9-17)8-16(7-6-14-13)12(18)10-4-3-5-11(15-10)19-2/h3-5,14,17H,6-9H2,1-2H3. The van der Waals surface area contributed by atoms with E-state index in [0.29, 0.717) is 31.2 Å². The highest BCUT2D eigenvalue weighted by Crippen LogP contribution is 2.14. The van der Waals surface area contributed by atoms with Crippen LogP contribution in [0.5, 0.6) is 5.88 Å². The van der Waals surface area contributed by atoms with Crippen LogP contribution in [0, 0.1) is 0 Å². The SMILES string of the molecule is COc1cccc(C(=O)N2CCNC(C)(CO)C2)n1. The van der Waals surface area contributed by atoms with Crippen LogP contribution in [0.1, 0.15) is 17.4 Å². The zero-order valence-electron chi connectivity index (χ0n) is 11.2. The first kappa shape index (κ1) is 13.8. The Kier molecular flexibility index (Phi) is 4.01. The summed E-state index contributed by atoms with van der Waals surface area (Å²) in [6.45, 7) is 3.61. The lowest BCUT2D eigenvalue weighted by Gasteiger charge is -2.40. The molecule has 0 saturated carbocycles. The van der Waals surface area contributed by atoms with E-state index in [4.69, 9.17) is 4.74 Å². The molecule has 2 N–H and O–H groups in total. The number of hydrogen-bond acceptors (Lipinski definition) is 5. The van der Waals surface area contributed by atoms with Crippen LogP contribution in [0.15, 0.2) is 18.2 Å². The number of aliphatic hydroxyl groups is 1. The van der Waals surface area contributed by atoms with E-state index in [1.807, 2.05) is 6.92 Å². The third kappa shape index (κ3) is 3.02. The van der Waals surface area contributed by atoms with Gasteiger partial charge in [0, 0.05) is 25.7 Å². The number of aromatic nitrogens is 1. The summed E-state index contributed by atoms with van der Waals surface area (Å²) in [5.74, 6) is 0.283. The summed E-state index contributed by atoms with van der Waals surface area (Å²) in [6.07, 6.45) is 0. The molecule has 1 aliphatic rings. The van der Waals surface area contributed by atoms with Crippen molar-refractivity contribution in [1.29, 1.82) is 0 Å². The van der Waals surface area contributed by atoms with Gasteiger partial charge in [-0.15, -0.1) is 0 Å². The largest absolute Gasteiger partial charge is 0.481 e. The van der Waals surface area contributed by atoms with Gasteiger partial charge in [-0.1, -0.05) is 6.07 Å². The molecule has 104 valence electrons. The molecule has 1 atom stereocenters. The molecule has 19 heavy (non-hydrogen) atoms. The second-order valence-corrected chi connectivity index (χ2v) is 4.94. The summed E-state index contributed by atoms with van der Waals surface area (Å²) >= 11 is 0. The van der Waals surface area contributed by atoms with Crippen molar-refractivity contribution in [3.8, 4) is 5.88 Å². The minimum atomic E-state index is -0.452. The second kappa shape index (κ2) is 5.54. The van der Waals surface area contributed by atoms with Crippen molar-refractivity contribution in [3.63, 3.8) is 0 Å². The topological polar surface area (TPSA) is 74.7 Å². The zero-order chi connectivity index (χ0) is 13.9. The van der Waals surface area contributed by atoms with E-state index in [-0.39, 0.29) is 12.5 Å². The summed E-state index contributed by atoms with van der Waals surface area (Å²) in [4.78, 5) is 18.2. The molecular weight excluding hydrogens is 246 g/mol. The summed E-state index contributed by atoms with van der Waals surface area (Å²) < 4.78 is 5.02. The number of nitrogens with one attached hydrogen (secondary N) is 1. The lowest BCUT2D eigenvalue weighted by molar-refractivity contribution is 0.0535. The highest BCUT2D eigenvalue weighted by atomic mass is 16.5. The van der Waals surface area contributed by atoms with Gasteiger partial charge < -0.3 is 20.1 Å². The van der Waals surface area contributed by atoms with Gasteiger partial charge in [0.25, 0.3) is 5.91 Å². The maximum absolute atomic E-state index is 12.4. The molecule has 0 aliphatic carbocycles. The molecule has 1 aromatic heterocycles. The fourth-order valence-corrected chi connectivity index (χ4v) is 2.14. The smallest absolute Gasteiger partial charge is 0.272 e. The van der Waals surface area contributed by atoms with Crippen LogP contribution in [0.25, 0.3) is 0 Å². The predicted molar refractivity (Wildman–Crippen MR) is 70.2 cm³/mol. The van der Waals surface area contributed by atoms with Gasteiger partial charge in [0.05, 0.1) is 19.3 Å². The summed E-state index contributed by atoms with van der Waals surface area (Å²) in [7, 11) is 1.52. The summed E-state index contributed by atoms with van der Waals surface area (Å²) in [5, 5.41) is 12.6. The molecule has 1 unspecified atom stereocenters. The van der Waals surface area contributed by atoms with Crippen molar-refractivity contribution in [1.82, 2.24) is 15.2 Å². The fraction of sp³-hybridized carbons (Fsp3) is 0.538. The number of hydrogen-bond donors (Lipinski definition) is 2. The highest BCUT2D eigenvalue weighted by molar-refractivity contribution is 5.92. The third-order valence-corrected chi connectivity index (χ3v) is 3.26. The van der Waals surface area contributed by atoms with E-state index in [0.717, 1.165) is 0 Å². The molecule has 0 spiro atoms. The minimum absolute atomic E-state index is 0.0116. The number of ether oxygens (including phenoxy) is 1. The summed E-state index contributed by atoms with van der Waals surface area (Å²) in [5.41, 5.74) is -0.0891. The van der Waals surface area contributed by atoms with Crippen molar-refractivity contribution in [2.45, 2.75) is 12.5 Å². The molecule has 0 aromatic carbocycles. The Morgan fingerprint density at radius 3 is 3.11 bits per heavy atom. The highest BCUT2D eigenvalue weighted by Gasteiger charge is 2.32. The summed E-state index contributed by atoms with van der Waals surface area (Å²) in [6, 6.07) is 5.11. The van der Waals surface area contributed by atoms with Gasteiger partial charge in [0.1, 0.15) is 5.69 Å². The number of rotatable bonds is 3. The number of methoxy groups -OCH3 is 1. The van der Waals surface area contributed by atoms with Crippen molar-refractivity contribution in [2.24, 2.45) is 0 Å². The number of pyridine rings is 1. The lowest BCUT2D eigenvalue weighted by Crippen LogP contribution is -2.61. The Bertz CT molecular complexity index is 466. The van der Waals surface area contributed by atoms with E-state index >= 15 is 0 Å². The molecule has 1 amide bonds. The minimum Gasteiger partial charge on any atom is -0.481 e. The van der Waals surface area contributed by atoms with Crippen LogP contribution in [0.4, 0.5) is 0 Å². The van der Waals surface area contributed by atoms with E-state index in [9.17, 15) is 9.90 Å². The molecular formula is C13H19N3O3. The van der Waals surface area contributed by atoms with Crippen molar-refractivity contribution < 1.29 is 14.6 Å². The van der Waals surface area contributed by atoms with Crippen LogP contribution in [0.3, 0.4) is 0 Å². The fourth-order valence-electron chi connectivity index (χ4n) is 2.14. The number of piperazine rings is 1. The van der Waals surface area contributed by atoms with Crippen LogP contribution < -0.4 is 10.1 Å². The molecule has 1 fully saturated rings. The molecule has 1 aromatic rings. The molecule has 6 nitrogen and oxygen atoms in total. The van der Waals surface area contributed by atoms with Crippen LogP contribution in [-0.2, 0) is 0 Å².